The number of hydrogen-bond acceptors (Lipinski definition) is 7. The van der Waals surface area contributed by atoms with Gasteiger partial charge in [0.05, 0.1) is 24.5 Å². The number of nitrogens with one attached hydrogen (secondary N) is 2. The third kappa shape index (κ3) is 2.57. The number of carbonyl (C=O) groups is 3. The highest BCUT2D eigenvalue weighted by atomic mass is 16.7. The number of aryl methyl sites for hydroxylation is 1. The molecule has 6 rings (SSSR count). The van der Waals surface area contributed by atoms with Gasteiger partial charge in [0.2, 0.25) is 24.5 Å². The fraction of sp³-hybridized carbons (Fsp3) is 0.375. The molecule has 0 saturated carbocycles. The Kier molecular flexibility index (Phi) is 4.15. The lowest BCUT2D eigenvalue weighted by atomic mass is 9.76. The zero-order valence-electron chi connectivity index (χ0n) is 18.1. The second-order valence-electron chi connectivity index (χ2n) is 9.12. The molecule has 3 N–H and O–H groups in total. The normalized spacial score (nSPS) is 30.1. The molecule has 33 heavy (non-hydrogen) atoms. The van der Waals surface area contributed by atoms with Crippen molar-refractivity contribution < 1.29 is 29.0 Å². The largest absolute Gasteiger partial charge is 0.454 e. The van der Waals surface area contributed by atoms with Crippen LogP contribution in [0.25, 0.3) is 0 Å². The lowest BCUT2D eigenvalue weighted by Crippen LogP contribution is -2.54. The van der Waals surface area contributed by atoms with E-state index in [1.54, 1.807) is 31.2 Å². The maximum atomic E-state index is 13.8. The Morgan fingerprint density at radius 1 is 1.15 bits per heavy atom. The maximum Gasteiger partial charge on any atom is 0.250 e. The molecule has 2 aromatic carbocycles. The Labute approximate surface area is 189 Å². The van der Waals surface area contributed by atoms with Crippen LogP contribution in [-0.2, 0) is 26.5 Å². The summed E-state index contributed by atoms with van der Waals surface area (Å²) in [6, 6.07) is 10.0. The smallest absolute Gasteiger partial charge is 0.250 e. The molecular formula is C24H23N3O6. The summed E-state index contributed by atoms with van der Waals surface area (Å²) in [5, 5.41) is 16.6. The van der Waals surface area contributed by atoms with Crippen LogP contribution in [0.4, 0.5) is 5.69 Å². The summed E-state index contributed by atoms with van der Waals surface area (Å²) in [4.78, 5) is 41.9. The predicted molar refractivity (Wildman–Crippen MR) is 115 cm³/mol. The fourth-order valence-corrected chi connectivity index (χ4v) is 5.76. The Bertz CT molecular complexity index is 1230. The summed E-state index contributed by atoms with van der Waals surface area (Å²) in [6.45, 7) is 3.62. The van der Waals surface area contributed by atoms with Crippen LogP contribution in [0.15, 0.2) is 36.4 Å². The van der Waals surface area contributed by atoms with E-state index in [-0.39, 0.29) is 19.2 Å². The van der Waals surface area contributed by atoms with E-state index in [4.69, 9.17) is 9.47 Å². The van der Waals surface area contributed by atoms with Gasteiger partial charge < -0.3 is 19.9 Å². The van der Waals surface area contributed by atoms with Crippen molar-refractivity contribution in [1.82, 2.24) is 10.2 Å². The molecule has 9 heteroatoms. The summed E-state index contributed by atoms with van der Waals surface area (Å²) in [6.07, 6.45) is -0.944. The van der Waals surface area contributed by atoms with Crippen molar-refractivity contribution in [2.24, 2.45) is 11.8 Å². The summed E-state index contributed by atoms with van der Waals surface area (Å²) in [7, 11) is 0. The summed E-state index contributed by atoms with van der Waals surface area (Å²) < 4.78 is 10.7. The number of nitrogens with zero attached hydrogens (tertiary/aromatic N) is 1. The lowest BCUT2D eigenvalue weighted by Gasteiger charge is -2.30. The van der Waals surface area contributed by atoms with Crippen LogP contribution in [-0.4, -0.2) is 46.7 Å². The van der Waals surface area contributed by atoms with Crippen LogP contribution in [0.2, 0.25) is 0 Å². The van der Waals surface area contributed by atoms with Crippen molar-refractivity contribution in [1.29, 1.82) is 0 Å². The van der Waals surface area contributed by atoms with Gasteiger partial charge in [-0.05, 0) is 37.1 Å². The molecule has 0 aliphatic carbocycles. The number of rotatable bonds is 3. The minimum absolute atomic E-state index is 0.0478. The van der Waals surface area contributed by atoms with Crippen molar-refractivity contribution in [2.75, 3.05) is 12.1 Å². The van der Waals surface area contributed by atoms with Gasteiger partial charge in [0.1, 0.15) is 5.54 Å². The average Bonchev–Trinajstić information content (AvgIpc) is 3.51. The average molecular weight is 449 g/mol. The molecule has 170 valence electrons. The topological polar surface area (TPSA) is 117 Å². The fourth-order valence-electron chi connectivity index (χ4n) is 5.76. The van der Waals surface area contributed by atoms with Crippen LogP contribution in [0, 0.1) is 18.8 Å². The van der Waals surface area contributed by atoms with Gasteiger partial charge in [-0.15, -0.1) is 0 Å². The molecular weight excluding hydrogens is 426 g/mol. The monoisotopic (exact) mass is 449 g/mol. The number of carbonyl (C=O) groups excluding carboxylic acids is 3. The molecule has 4 aliphatic rings. The van der Waals surface area contributed by atoms with Crippen molar-refractivity contribution in [3.05, 3.63) is 53.1 Å². The van der Waals surface area contributed by atoms with E-state index in [2.05, 4.69) is 10.6 Å². The van der Waals surface area contributed by atoms with Crippen LogP contribution in [0.3, 0.4) is 0 Å². The SMILES string of the molecule is Cc1cccc2c1NC(=O)[C@]21N[C@H]([C@H](C)O)[C@H]2C(=O)N(Cc3ccc4c(c3)OCO4)C(=O)[C@H]21. The highest BCUT2D eigenvalue weighted by molar-refractivity contribution is 6.15. The molecule has 0 unspecified atom stereocenters. The maximum absolute atomic E-state index is 13.8. The Balaban J connectivity index is 1.43. The number of aliphatic hydroxyl groups excluding tert-OH is 1. The van der Waals surface area contributed by atoms with Crippen molar-refractivity contribution in [3.8, 4) is 11.5 Å². The van der Waals surface area contributed by atoms with Crippen molar-refractivity contribution in [2.45, 2.75) is 38.1 Å². The number of aliphatic hydroxyl groups is 1. The number of amides is 3. The van der Waals surface area contributed by atoms with Gasteiger partial charge in [0, 0.05) is 17.3 Å². The van der Waals surface area contributed by atoms with Gasteiger partial charge in [-0.3, -0.25) is 24.6 Å². The van der Waals surface area contributed by atoms with E-state index < -0.39 is 41.3 Å². The first-order valence-electron chi connectivity index (χ1n) is 10.9. The van der Waals surface area contributed by atoms with Gasteiger partial charge in [-0.25, -0.2) is 0 Å². The zero-order chi connectivity index (χ0) is 23.1. The predicted octanol–water partition coefficient (Wildman–Crippen LogP) is 1.03. The van der Waals surface area contributed by atoms with Gasteiger partial charge in [-0.1, -0.05) is 24.3 Å². The molecule has 4 heterocycles. The molecule has 4 aliphatic heterocycles. The Hall–Kier alpha value is -3.43. The van der Waals surface area contributed by atoms with Crippen LogP contribution >= 0.6 is 0 Å². The molecule has 2 saturated heterocycles. The van der Waals surface area contributed by atoms with Crippen LogP contribution in [0.5, 0.6) is 11.5 Å². The van der Waals surface area contributed by atoms with Crippen molar-refractivity contribution in [3.63, 3.8) is 0 Å². The first kappa shape index (κ1) is 20.2. The number of imide groups is 1. The van der Waals surface area contributed by atoms with E-state index in [9.17, 15) is 19.5 Å². The number of hydrogen-bond donors (Lipinski definition) is 3. The third-order valence-corrected chi connectivity index (χ3v) is 7.28. The van der Waals surface area contributed by atoms with E-state index in [1.165, 1.54) is 4.90 Å². The highest BCUT2D eigenvalue weighted by Gasteiger charge is 2.71. The quantitative estimate of drug-likeness (QED) is 0.599. The molecule has 2 aromatic rings. The molecule has 0 aromatic heterocycles. The minimum atomic E-state index is -1.41. The molecule has 0 radical (unpaired) electrons. The highest BCUT2D eigenvalue weighted by Crippen LogP contribution is 2.54. The number of fused-ring (bicyclic) bond motifs is 5. The van der Waals surface area contributed by atoms with Gasteiger partial charge in [-0.2, -0.15) is 0 Å². The van der Waals surface area contributed by atoms with Crippen LogP contribution in [0.1, 0.15) is 23.6 Å². The number of anilines is 1. The number of likely N-dealkylation sites (tertiary alicyclic amines) is 1. The summed E-state index contributed by atoms with van der Waals surface area (Å²) >= 11 is 0. The lowest BCUT2D eigenvalue weighted by molar-refractivity contribution is -0.143. The first-order valence-corrected chi connectivity index (χ1v) is 10.9. The van der Waals surface area contributed by atoms with Gasteiger partial charge in [0.15, 0.2) is 11.5 Å². The van der Waals surface area contributed by atoms with E-state index in [1.807, 2.05) is 19.1 Å². The van der Waals surface area contributed by atoms with Crippen LogP contribution < -0.4 is 20.1 Å². The Morgan fingerprint density at radius 3 is 2.73 bits per heavy atom. The van der Waals surface area contributed by atoms with E-state index in [0.717, 1.165) is 5.56 Å². The molecule has 3 amide bonds. The second-order valence-corrected chi connectivity index (χ2v) is 9.12. The first-order chi connectivity index (χ1) is 15.8. The summed E-state index contributed by atoms with van der Waals surface area (Å²) in [5.41, 5.74) is 1.45. The molecule has 0 bridgehead atoms. The number of para-hydroxylation sites is 1. The molecule has 9 nitrogen and oxygen atoms in total. The van der Waals surface area contributed by atoms with Gasteiger partial charge in [0.25, 0.3) is 0 Å². The second kappa shape index (κ2) is 6.79. The Morgan fingerprint density at radius 2 is 1.94 bits per heavy atom. The third-order valence-electron chi connectivity index (χ3n) is 7.28. The zero-order valence-corrected chi connectivity index (χ0v) is 18.1. The molecule has 1 spiro atoms. The molecule has 5 atom stereocenters. The number of ether oxygens (including phenoxy) is 2. The summed E-state index contributed by atoms with van der Waals surface area (Å²) in [5.74, 6) is -1.84. The van der Waals surface area contributed by atoms with E-state index in [0.29, 0.717) is 28.3 Å². The van der Waals surface area contributed by atoms with E-state index >= 15 is 0 Å². The number of benzene rings is 2. The standard InChI is InChI=1S/C24H23N3O6/c1-11-4-3-5-14-19(11)25-23(31)24(14)18-17(20(26-24)12(2)28)21(29)27(22(18)30)9-13-6-7-15-16(8-13)33-10-32-15/h3-8,12,17-18,20,26,28H,9-10H2,1-2H3,(H,25,31)/t12-,17-,18-,20+,24-/m0/s1. The molecule has 2 fully saturated rings. The van der Waals surface area contributed by atoms with Crippen molar-refractivity contribution >= 4 is 23.4 Å². The van der Waals surface area contributed by atoms with Gasteiger partial charge >= 0.3 is 0 Å². The minimum Gasteiger partial charge on any atom is -0.454 e.